The maximum atomic E-state index is 13.2. The molecule has 3 rings (SSSR count). The van der Waals surface area contributed by atoms with E-state index in [1.165, 1.54) is 17.3 Å². The van der Waals surface area contributed by atoms with Crippen LogP contribution < -0.4 is 10.2 Å². The maximum absolute atomic E-state index is 13.2. The zero-order valence-corrected chi connectivity index (χ0v) is 23.3. The third-order valence-corrected chi connectivity index (χ3v) is 7.09. The first kappa shape index (κ1) is 28.2. The van der Waals surface area contributed by atoms with Crippen LogP contribution in [0.25, 0.3) is 0 Å². The largest absolute Gasteiger partial charge is 0.385 e. The number of methoxy groups -OCH3 is 1. The molecular weight excluding hydrogens is 498 g/mol. The molecule has 10 heteroatoms. The molecule has 1 aromatic carbocycles. The normalized spacial score (nSPS) is 16.2. The maximum Gasteiger partial charge on any atom is 0.254 e. The number of nitrogens with zero attached hydrogens (tertiary/aromatic N) is 4. The quantitative estimate of drug-likeness (QED) is 0.225. The van der Waals surface area contributed by atoms with E-state index in [2.05, 4.69) is 41.0 Å². The van der Waals surface area contributed by atoms with Crippen molar-refractivity contribution in [1.29, 1.82) is 0 Å². The molecule has 0 saturated carbocycles. The van der Waals surface area contributed by atoms with Crippen molar-refractivity contribution in [3.05, 3.63) is 46.6 Å². The zero-order valence-electron chi connectivity index (χ0n) is 21.7. The van der Waals surface area contributed by atoms with Crippen molar-refractivity contribution in [2.45, 2.75) is 50.7 Å². The number of nitrogens with one attached hydrogen (secondary N) is 1. The number of hydrogen-bond donors (Lipinski definition) is 1. The molecule has 36 heavy (non-hydrogen) atoms. The topological polar surface area (TPSA) is 87.7 Å². The van der Waals surface area contributed by atoms with Gasteiger partial charge in [0.2, 0.25) is 5.91 Å². The number of aromatic nitrogens is 2. The highest BCUT2D eigenvalue weighted by atomic mass is 35.5. The lowest BCUT2D eigenvalue weighted by Crippen LogP contribution is -2.54. The third-order valence-electron chi connectivity index (χ3n) is 6.05. The second kappa shape index (κ2) is 12.7. The molecule has 0 aliphatic carbocycles. The molecule has 2 aromatic rings. The molecule has 1 N–H and O–H groups in total. The Kier molecular flexibility index (Phi) is 9.99. The number of amides is 2. The van der Waals surface area contributed by atoms with E-state index in [1.807, 2.05) is 36.1 Å². The van der Waals surface area contributed by atoms with Crippen molar-refractivity contribution < 1.29 is 14.3 Å². The van der Waals surface area contributed by atoms with E-state index in [4.69, 9.17) is 16.3 Å². The number of halogens is 1. The van der Waals surface area contributed by atoms with Crippen LogP contribution in [0, 0.1) is 0 Å². The minimum atomic E-state index is -0.0856. The number of anilines is 1. The molecule has 2 amide bonds. The molecule has 0 spiro atoms. The van der Waals surface area contributed by atoms with E-state index in [1.54, 1.807) is 13.2 Å². The Morgan fingerprint density at radius 2 is 1.92 bits per heavy atom. The molecule has 1 fully saturated rings. The van der Waals surface area contributed by atoms with Crippen molar-refractivity contribution in [3.8, 4) is 0 Å². The van der Waals surface area contributed by atoms with Gasteiger partial charge in [-0.1, -0.05) is 56.3 Å². The van der Waals surface area contributed by atoms with Gasteiger partial charge < -0.3 is 19.9 Å². The van der Waals surface area contributed by atoms with Gasteiger partial charge in [-0.15, -0.1) is 0 Å². The van der Waals surface area contributed by atoms with Crippen molar-refractivity contribution in [1.82, 2.24) is 20.2 Å². The molecule has 1 saturated heterocycles. The predicted octanol–water partition coefficient (Wildman–Crippen LogP) is 4.02. The average molecular weight is 534 g/mol. The minimum absolute atomic E-state index is 0.00346. The summed E-state index contributed by atoms with van der Waals surface area (Å²) in [6.07, 6.45) is 0.764. The number of carbonyl (C=O) groups is 2. The molecule has 1 aliphatic rings. The summed E-state index contributed by atoms with van der Waals surface area (Å²) in [5, 5.41) is 3.63. The molecule has 1 atom stereocenters. The number of benzene rings is 1. The molecule has 196 valence electrons. The van der Waals surface area contributed by atoms with Crippen molar-refractivity contribution >= 4 is 41.0 Å². The standard InChI is InChI=1S/C26H36ClN5O3S/c1-18-16-31(12-13-32(18)24(34)19-7-9-20(10-8-19)26(2,3)4)22-15-21(27)29-25(30-22)36-17-23(33)28-11-6-14-35-5/h7-10,15,18H,6,11-14,16-17H2,1-5H3,(H,28,33). The zero-order chi connectivity index (χ0) is 26.3. The van der Waals surface area contributed by atoms with Gasteiger partial charge in [0.25, 0.3) is 5.91 Å². The van der Waals surface area contributed by atoms with E-state index in [-0.39, 0.29) is 29.0 Å². The first-order valence-electron chi connectivity index (χ1n) is 12.2. The van der Waals surface area contributed by atoms with E-state index >= 15 is 0 Å². The van der Waals surface area contributed by atoms with Crippen LogP contribution in [-0.2, 0) is 14.9 Å². The second-order valence-corrected chi connectivity index (χ2v) is 11.3. The number of thioether (sulfide) groups is 1. The summed E-state index contributed by atoms with van der Waals surface area (Å²) in [4.78, 5) is 38.2. The van der Waals surface area contributed by atoms with Crippen molar-refractivity contribution in [2.24, 2.45) is 0 Å². The molecule has 0 bridgehead atoms. The van der Waals surface area contributed by atoms with Crippen molar-refractivity contribution in [3.63, 3.8) is 0 Å². The average Bonchev–Trinajstić information content (AvgIpc) is 2.84. The summed E-state index contributed by atoms with van der Waals surface area (Å²) in [5.74, 6) is 0.861. The first-order chi connectivity index (χ1) is 17.1. The van der Waals surface area contributed by atoms with Gasteiger partial charge in [0.05, 0.1) is 5.75 Å². The van der Waals surface area contributed by atoms with Gasteiger partial charge >= 0.3 is 0 Å². The Labute approximate surface area is 223 Å². The highest BCUT2D eigenvalue weighted by molar-refractivity contribution is 7.99. The van der Waals surface area contributed by atoms with Gasteiger partial charge in [-0.2, -0.15) is 0 Å². The van der Waals surface area contributed by atoms with Crippen LogP contribution in [0.3, 0.4) is 0 Å². The fraction of sp³-hybridized carbons (Fsp3) is 0.538. The van der Waals surface area contributed by atoms with Crippen molar-refractivity contribution in [2.75, 3.05) is 50.5 Å². The van der Waals surface area contributed by atoms with Crippen LogP contribution in [0.15, 0.2) is 35.5 Å². The lowest BCUT2D eigenvalue weighted by Gasteiger charge is -2.40. The van der Waals surface area contributed by atoms with E-state index in [0.717, 1.165) is 6.42 Å². The highest BCUT2D eigenvalue weighted by Gasteiger charge is 2.29. The molecule has 1 aromatic heterocycles. The van der Waals surface area contributed by atoms with Crippen LogP contribution in [-0.4, -0.2) is 78.4 Å². The van der Waals surface area contributed by atoms with E-state index in [9.17, 15) is 9.59 Å². The van der Waals surface area contributed by atoms with Gasteiger partial charge in [-0.25, -0.2) is 9.97 Å². The third kappa shape index (κ3) is 7.82. The van der Waals surface area contributed by atoms with E-state index < -0.39 is 0 Å². The first-order valence-corrected chi connectivity index (χ1v) is 13.5. The summed E-state index contributed by atoms with van der Waals surface area (Å²) in [7, 11) is 1.63. The second-order valence-electron chi connectivity index (χ2n) is 9.94. The Morgan fingerprint density at radius 3 is 2.56 bits per heavy atom. The fourth-order valence-corrected chi connectivity index (χ4v) is 4.89. The lowest BCUT2D eigenvalue weighted by molar-refractivity contribution is -0.118. The van der Waals surface area contributed by atoms with Gasteiger partial charge in [-0.05, 0) is 36.5 Å². The smallest absolute Gasteiger partial charge is 0.254 e. The van der Waals surface area contributed by atoms with Gasteiger partial charge in [0.1, 0.15) is 11.0 Å². The SMILES string of the molecule is COCCCNC(=O)CSc1nc(Cl)cc(N2CCN(C(=O)c3ccc(C(C)(C)C)cc3)C(C)C2)n1. The van der Waals surface area contributed by atoms with Crippen LogP contribution >= 0.6 is 23.4 Å². The van der Waals surface area contributed by atoms with E-state index in [0.29, 0.717) is 54.5 Å². The number of carbonyl (C=O) groups excluding carboxylic acids is 2. The molecule has 2 heterocycles. The molecular formula is C26H36ClN5O3S. The van der Waals surface area contributed by atoms with Gasteiger partial charge in [0.15, 0.2) is 5.16 Å². The minimum Gasteiger partial charge on any atom is -0.385 e. The lowest BCUT2D eigenvalue weighted by atomic mass is 9.86. The summed E-state index contributed by atoms with van der Waals surface area (Å²) >= 11 is 7.52. The summed E-state index contributed by atoms with van der Waals surface area (Å²) in [6, 6.07) is 9.64. The summed E-state index contributed by atoms with van der Waals surface area (Å²) in [5.41, 5.74) is 1.95. The molecule has 1 unspecified atom stereocenters. The molecule has 1 aliphatic heterocycles. The summed E-state index contributed by atoms with van der Waals surface area (Å²) in [6.45, 7) is 11.5. The van der Waals surface area contributed by atoms with Gasteiger partial charge in [0, 0.05) is 57.6 Å². The number of ether oxygens (including phenoxy) is 1. The van der Waals surface area contributed by atoms with Gasteiger partial charge in [-0.3, -0.25) is 9.59 Å². The molecule has 8 nitrogen and oxygen atoms in total. The Balaban J connectivity index is 1.59. The predicted molar refractivity (Wildman–Crippen MR) is 145 cm³/mol. The monoisotopic (exact) mass is 533 g/mol. The Morgan fingerprint density at radius 1 is 1.19 bits per heavy atom. The van der Waals surface area contributed by atoms with Crippen LogP contribution in [0.4, 0.5) is 5.82 Å². The van der Waals surface area contributed by atoms with Crippen LogP contribution in [0.2, 0.25) is 5.15 Å². The Hall–Kier alpha value is -2.36. The number of rotatable bonds is 9. The summed E-state index contributed by atoms with van der Waals surface area (Å²) < 4.78 is 4.98. The Bertz CT molecular complexity index is 1040. The number of piperazine rings is 1. The van der Waals surface area contributed by atoms with Crippen LogP contribution in [0.1, 0.15) is 50.0 Å². The molecule has 0 radical (unpaired) electrons. The number of hydrogen-bond acceptors (Lipinski definition) is 7. The van der Waals surface area contributed by atoms with Crippen LogP contribution in [0.5, 0.6) is 0 Å². The highest BCUT2D eigenvalue weighted by Crippen LogP contribution is 2.26. The fourth-order valence-electron chi connectivity index (χ4n) is 3.98.